The van der Waals surface area contributed by atoms with E-state index in [-0.39, 0.29) is 22.7 Å². The summed E-state index contributed by atoms with van der Waals surface area (Å²) in [5, 5.41) is 21.3. The third kappa shape index (κ3) is 2.13. The van der Waals surface area contributed by atoms with E-state index in [2.05, 4.69) is 13.8 Å². The zero-order valence-corrected chi connectivity index (χ0v) is 15.6. The molecule has 2 N–H and O–H groups in total. The highest BCUT2D eigenvalue weighted by Gasteiger charge is 2.61. The number of fused-ring (bicyclic) bond motifs is 5. The van der Waals surface area contributed by atoms with Gasteiger partial charge in [-0.3, -0.25) is 4.79 Å². The van der Waals surface area contributed by atoms with Crippen LogP contribution in [0.15, 0.2) is 0 Å². The quantitative estimate of drug-likeness (QED) is 0.768. The first-order chi connectivity index (χ1) is 11.2. The molecule has 4 fully saturated rings. The van der Waals surface area contributed by atoms with Crippen molar-refractivity contribution < 1.29 is 15.0 Å². The number of ketones is 1. The summed E-state index contributed by atoms with van der Waals surface area (Å²) < 4.78 is 0. The fraction of sp³-hybridized carbons (Fsp3) is 0.952. The third-order valence-corrected chi connectivity index (χ3v) is 9.33. The zero-order valence-electron chi connectivity index (χ0n) is 15.6. The summed E-state index contributed by atoms with van der Waals surface area (Å²) in [7, 11) is 0. The van der Waals surface area contributed by atoms with Crippen LogP contribution in [0.3, 0.4) is 0 Å². The van der Waals surface area contributed by atoms with Gasteiger partial charge in [-0.05, 0) is 99.2 Å². The Balaban J connectivity index is 1.60. The SMILES string of the molecule is CC(=O)[C@]1(O)CC[C@@]2(C)[C@@H](CC[C@H]3[C@H]4CC[C@H](O)[C@@]4(C)CC[C@@H]32)C1. The van der Waals surface area contributed by atoms with Gasteiger partial charge in [0.15, 0.2) is 5.78 Å². The molecular weight excluding hydrogens is 300 g/mol. The molecule has 3 heteroatoms. The molecule has 4 rings (SSSR count). The molecule has 4 aliphatic carbocycles. The average molecular weight is 335 g/mol. The number of Topliss-reactive ketones (excluding diaryl/α,β-unsaturated/α-hetero) is 1. The van der Waals surface area contributed by atoms with Crippen molar-refractivity contribution >= 4 is 5.78 Å². The Kier molecular flexibility index (Phi) is 3.76. The summed E-state index contributed by atoms with van der Waals surface area (Å²) in [6.07, 6.45) is 9.12. The van der Waals surface area contributed by atoms with Crippen molar-refractivity contribution in [1.82, 2.24) is 0 Å². The lowest BCUT2D eigenvalue weighted by Crippen LogP contribution is -2.57. The average Bonchev–Trinajstić information content (AvgIpc) is 2.84. The summed E-state index contributed by atoms with van der Waals surface area (Å²) in [5.74, 6) is 2.58. The molecule has 3 nitrogen and oxygen atoms in total. The molecule has 0 amide bonds. The second-order valence-electron chi connectivity index (χ2n) is 10.1. The summed E-state index contributed by atoms with van der Waals surface area (Å²) in [6, 6.07) is 0. The number of hydrogen-bond acceptors (Lipinski definition) is 3. The van der Waals surface area contributed by atoms with Crippen molar-refractivity contribution in [3.63, 3.8) is 0 Å². The van der Waals surface area contributed by atoms with Gasteiger partial charge in [0, 0.05) is 0 Å². The minimum absolute atomic E-state index is 0.0400. The molecule has 4 aliphatic rings. The highest BCUT2D eigenvalue weighted by atomic mass is 16.3. The van der Waals surface area contributed by atoms with Crippen LogP contribution in [0.5, 0.6) is 0 Å². The van der Waals surface area contributed by atoms with Crippen LogP contribution in [-0.4, -0.2) is 27.7 Å². The molecule has 8 atom stereocenters. The van der Waals surface area contributed by atoms with E-state index in [1.807, 2.05) is 0 Å². The Morgan fingerprint density at radius 3 is 2.33 bits per heavy atom. The largest absolute Gasteiger partial charge is 0.393 e. The fourth-order valence-electron chi connectivity index (χ4n) is 7.54. The topological polar surface area (TPSA) is 57.5 Å². The van der Waals surface area contributed by atoms with Crippen LogP contribution in [0.2, 0.25) is 0 Å². The summed E-state index contributed by atoms with van der Waals surface area (Å²) in [5.41, 5.74) is -0.650. The molecule has 0 aromatic carbocycles. The Morgan fingerprint density at radius 1 is 0.917 bits per heavy atom. The third-order valence-electron chi connectivity index (χ3n) is 9.33. The van der Waals surface area contributed by atoms with Gasteiger partial charge < -0.3 is 10.2 Å². The van der Waals surface area contributed by atoms with E-state index in [1.54, 1.807) is 6.92 Å². The summed E-state index contributed by atoms with van der Waals surface area (Å²) in [6.45, 7) is 6.33. The number of carbonyl (C=O) groups excluding carboxylic acids is 1. The first-order valence-corrected chi connectivity index (χ1v) is 10.1. The molecule has 4 saturated carbocycles. The van der Waals surface area contributed by atoms with Gasteiger partial charge in [0.2, 0.25) is 0 Å². The van der Waals surface area contributed by atoms with Crippen LogP contribution in [0.25, 0.3) is 0 Å². The first kappa shape index (κ1) is 17.0. The minimum atomic E-state index is -1.07. The van der Waals surface area contributed by atoms with E-state index < -0.39 is 5.60 Å². The number of carbonyl (C=O) groups is 1. The Morgan fingerprint density at radius 2 is 1.62 bits per heavy atom. The molecule has 0 radical (unpaired) electrons. The van der Waals surface area contributed by atoms with Crippen molar-refractivity contribution in [2.45, 2.75) is 90.3 Å². The van der Waals surface area contributed by atoms with Gasteiger partial charge >= 0.3 is 0 Å². The normalized spacial score (nSPS) is 57.0. The summed E-state index contributed by atoms with van der Waals surface area (Å²) >= 11 is 0. The van der Waals surface area contributed by atoms with Crippen LogP contribution in [0, 0.1) is 34.5 Å². The molecule has 0 aliphatic heterocycles. The van der Waals surface area contributed by atoms with E-state index in [0.717, 1.165) is 37.5 Å². The van der Waals surface area contributed by atoms with Crippen LogP contribution in [-0.2, 0) is 4.79 Å². The Bertz CT molecular complexity index is 545. The second-order valence-corrected chi connectivity index (χ2v) is 10.1. The molecule has 0 spiro atoms. The Labute approximate surface area is 146 Å². The summed E-state index contributed by atoms with van der Waals surface area (Å²) in [4.78, 5) is 11.9. The van der Waals surface area contributed by atoms with Gasteiger partial charge in [-0.25, -0.2) is 0 Å². The van der Waals surface area contributed by atoms with Gasteiger partial charge in [0.05, 0.1) is 6.10 Å². The maximum absolute atomic E-state index is 11.9. The second kappa shape index (κ2) is 5.30. The van der Waals surface area contributed by atoms with E-state index in [9.17, 15) is 15.0 Å². The van der Waals surface area contributed by atoms with Crippen molar-refractivity contribution in [1.29, 1.82) is 0 Å². The fourth-order valence-corrected chi connectivity index (χ4v) is 7.54. The van der Waals surface area contributed by atoms with Gasteiger partial charge in [0.25, 0.3) is 0 Å². The van der Waals surface area contributed by atoms with E-state index in [0.29, 0.717) is 24.7 Å². The van der Waals surface area contributed by atoms with Crippen molar-refractivity contribution in [3.8, 4) is 0 Å². The van der Waals surface area contributed by atoms with Gasteiger partial charge in [-0.15, -0.1) is 0 Å². The van der Waals surface area contributed by atoms with Crippen molar-refractivity contribution in [3.05, 3.63) is 0 Å². The molecule has 0 unspecified atom stereocenters. The molecule has 0 bridgehead atoms. The molecule has 136 valence electrons. The maximum atomic E-state index is 11.9. The van der Waals surface area contributed by atoms with E-state index in [1.165, 1.54) is 19.3 Å². The first-order valence-electron chi connectivity index (χ1n) is 10.1. The van der Waals surface area contributed by atoms with Gasteiger partial charge in [-0.2, -0.15) is 0 Å². The lowest BCUT2D eigenvalue weighted by atomic mass is 9.44. The molecule has 0 aromatic rings. The number of aliphatic hydroxyl groups is 2. The predicted molar refractivity (Wildman–Crippen MR) is 93.4 cm³/mol. The minimum Gasteiger partial charge on any atom is -0.393 e. The molecule has 24 heavy (non-hydrogen) atoms. The monoisotopic (exact) mass is 334 g/mol. The molecule has 0 aromatic heterocycles. The van der Waals surface area contributed by atoms with Crippen LogP contribution >= 0.6 is 0 Å². The predicted octanol–water partition coefficient (Wildman–Crippen LogP) is 3.71. The van der Waals surface area contributed by atoms with Crippen LogP contribution < -0.4 is 0 Å². The maximum Gasteiger partial charge on any atom is 0.161 e. The lowest BCUT2D eigenvalue weighted by Gasteiger charge is -2.61. The smallest absolute Gasteiger partial charge is 0.161 e. The number of hydrogen-bond donors (Lipinski definition) is 2. The highest BCUT2D eigenvalue weighted by molar-refractivity contribution is 5.84. The molecular formula is C21H34O3. The van der Waals surface area contributed by atoms with E-state index >= 15 is 0 Å². The van der Waals surface area contributed by atoms with Crippen LogP contribution in [0.4, 0.5) is 0 Å². The van der Waals surface area contributed by atoms with E-state index in [4.69, 9.17) is 0 Å². The number of aliphatic hydroxyl groups excluding tert-OH is 1. The number of rotatable bonds is 1. The van der Waals surface area contributed by atoms with Gasteiger partial charge in [0.1, 0.15) is 5.60 Å². The molecule has 0 heterocycles. The van der Waals surface area contributed by atoms with Crippen molar-refractivity contribution in [2.24, 2.45) is 34.5 Å². The lowest BCUT2D eigenvalue weighted by molar-refractivity contribution is -0.166. The molecule has 0 saturated heterocycles. The zero-order chi connectivity index (χ0) is 17.3. The standard InChI is InChI=1S/C21H34O3/c1-13(22)21(24)11-10-19(2)14(12-21)4-5-15-16-6-7-18(23)20(16,3)9-8-17(15)19/h14-18,23-24H,4-12H2,1-3H3/t14-,15-,16+,17-,18-,19-,20-,21-/m0/s1. The Hall–Kier alpha value is -0.410. The van der Waals surface area contributed by atoms with Crippen molar-refractivity contribution in [2.75, 3.05) is 0 Å². The van der Waals surface area contributed by atoms with Gasteiger partial charge in [-0.1, -0.05) is 13.8 Å². The highest BCUT2D eigenvalue weighted by Crippen LogP contribution is 2.66. The van der Waals surface area contributed by atoms with Crippen LogP contribution in [0.1, 0.15) is 78.6 Å².